The first-order valence-electron chi connectivity index (χ1n) is 4.91. The first-order valence-corrected chi connectivity index (χ1v) is 6.52. The Morgan fingerprint density at radius 1 is 1.47 bits per heavy atom. The van der Waals surface area contributed by atoms with Crippen LogP contribution in [0.15, 0.2) is 26.8 Å². The van der Waals surface area contributed by atoms with E-state index in [0.717, 1.165) is 14.4 Å². The third-order valence-corrected chi connectivity index (χ3v) is 4.28. The van der Waals surface area contributed by atoms with Crippen LogP contribution in [-0.4, -0.2) is 4.57 Å². The summed E-state index contributed by atoms with van der Waals surface area (Å²) in [5.41, 5.74) is 1.51. The topological polar surface area (TPSA) is 45.8 Å². The molecule has 17 heavy (non-hydrogen) atoms. The Hall–Kier alpha value is -1.38. The standard InChI is InChI=1S/C12H9BrN2OS/c1-7-5-8(10-3-4-11(13)17-10)9(6-14)12(16)15(7)2/h3-5H,1-2H3. The van der Waals surface area contributed by atoms with Crippen LogP contribution in [0.1, 0.15) is 11.3 Å². The van der Waals surface area contributed by atoms with E-state index in [1.54, 1.807) is 7.05 Å². The largest absolute Gasteiger partial charge is 0.315 e. The summed E-state index contributed by atoms with van der Waals surface area (Å²) in [6.07, 6.45) is 0. The monoisotopic (exact) mass is 308 g/mol. The SMILES string of the molecule is Cc1cc(-c2ccc(Br)s2)c(C#N)c(=O)n1C. The number of pyridine rings is 1. The zero-order chi connectivity index (χ0) is 12.6. The summed E-state index contributed by atoms with van der Waals surface area (Å²) in [5, 5.41) is 9.11. The zero-order valence-electron chi connectivity index (χ0n) is 9.32. The number of hydrogen-bond donors (Lipinski definition) is 0. The molecule has 2 aromatic rings. The Balaban J connectivity index is 2.79. The first-order chi connectivity index (χ1) is 8.04. The molecule has 0 radical (unpaired) electrons. The predicted octanol–water partition coefficient (Wildman–Crippen LogP) is 3.06. The van der Waals surface area contributed by atoms with Crippen molar-refractivity contribution in [2.75, 3.05) is 0 Å². The lowest BCUT2D eigenvalue weighted by Crippen LogP contribution is -2.22. The van der Waals surface area contributed by atoms with Gasteiger partial charge in [-0.05, 0) is 41.1 Å². The Labute approximate surface area is 111 Å². The maximum atomic E-state index is 12.0. The summed E-state index contributed by atoms with van der Waals surface area (Å²) in [4.78, 5) is 12.9. The number of thiophene rings is 1. The van der Waals surface area contributed by atoms with Crippen molar-refractivity contribution < 1.29 is 0 Å². The number of aromatic nitrogens is 1. The fourth-order valence-electron chi connectivity index (χ4n) is 1.58. The van der Waals surface area contributed by atoms with Crippen LogP contribution in [0.2, 0.25) is 0 Å². The van der Waals surface area contributed by atoms with Crippen LogP contribution in [0, 0.1) is 18.3 Å². The van der Waals surface area contributed by atoms with Gasteiger partial charge in [0.1, 0.15) is 11.6 Å². The van der Waals surface area contributed by atoms with Gasteiger partial charge >= 0.3 is 0 Å². The van der Waals surface area contributed by atoms with E-state index in [-0.39, 0.29) is 11.1 Å². The van der Waals surface area contributed by atoms with Gasteiger partial charge in [-0.25, -0.2) is 0 Å². The fraction of sp³-hybridized carbons (Fsp3) is 0.167. The van der Waals surface area contributed by atoms with Crippen molar-refractivity contribution in [3.63, 3.8) is 0 Å². The Kier molecular flexibility index (Phi) is 3.18. The first kappa shape index (κ1) is 12.1. The zero-order valence-corrected chi connectivity index (χ0v) is 11.7. The van der Waals surface area contributed by atoms with Crippen LogP contribution in [0.4, 0.5) is 0 Å². The van der Waals surface area contributed by atoms with E-state index in [1.165, 1.54) is 15.9 Å². The molecular weight excluding hydrogens is 300 g/mol. The van der Waals surface area contributed by atoms with Gasteiger partial charge in [-0.2, -0.15) is 5.26 Å². The molecule has 2 aromatic heterocycles. The second-order valence-electron chi connectivity index (χ2n) is 3.65. The van der Waals surface area contributed by atoms with Gasteiger partial charge in [0.25, 0.3) is 5.56 Å². The molecule has 0 saturated heterocycles. The van der Waals surface area contributed by atoms with Crippen molar-refractivity contribution in [2.45, 2.75) is 6.92 Å². The molecule has 0 N–H and O–H groups in total. The number of aryl methyl sites for hydroxylation is 1. The maximum Gasteiger partial charge on any atom is 0.269 e. The molecule has 0 atom stereocenters. The van der Waals surface area contributed by atoms with Gasteiger partial charge in [0.15, 0.2) is 0 Å². The van der Waals surface area contributed by atoms with Crippen molar-refractivity contribution in [1.29, 1.82) is 5.26 Å². The quantitative estimate of drug-likeness (QED) is 0.813. The third-order valence-electron chi connectivity index (χ3n) is 2.62. The van der Waals surface area contributed by atoms with E-state index in [1.807, 2.05) is 31.2 Å². The smallest absolute Gasteiger partial charge is 0.269 e. The van der Waals surface area contributed by atoms with Crippen LogP contribution in [0.25, 0.3) is 10.4 Å². The van der Waals surface area contributed by atoms with Gasteiger partial charge in [-0.3, -0.25) is 4.79 Å². The van der Waals surface area contributed by atoms with Crippen molar-refractivity contribution in [3.05, 3.63) is 43.6 Å². The molecule has 0 aromatic carbocycles. The molecular formula is C12H9BrN2OS. The molecule has 0 unspecified atom stereocenters. The minimum atomic E-state index is -0.243. The Morgan fingerprint density at radius 2 is 2.18 bits per heavy atom. The van der Waals surface area contributed by atoms with Crippen LogP contribution in [0.5, 0.6) is 0 Å². The minimum Gasteiger partial charge on any atom is -0.315 e. The Bertz CT molecular complexity index is 679. The average molecular weight is 309 g/mol. The summed E-state index contributed by atoms with van der Waals surface area (Å²) in [5.74, 6) is 0. The highest BCUT2D eigenvalue weighted by molar-refractivity contribution is 9.11. The maximum absolute atomic E-state index is 12.0. The van der Waals surface area contributed by atoms with E-state index < -0.39 is 0 Å². The number of nitrogens with zero attached hydrogens (tertiary/aromatic N) is 2. The fourth-order valence-corrected chi connectivity index (χ4v) is 2.99. The Morgan fingerprint density at radius 3 is 2.71 bits per heavy atom. The number of nitriles is 1. The number of hydrogen-bond acceptors (Lipinski definition) is 3. The molecule has 86 valence electrons. The molecule has 2 rings (SSSR count). The van der Waals surface area contributed by atoms with E-state index in [0.29, 0.717) is 5.56 Å². The van der Waals surface area contributed by atoms with Gasteiger partial charge in [0.05, 0.1) is 3.79 Å². The highest BCUT2D eigenvalue weighted by Crippen LogP contribution is 2.32. The molecule has 0 fully saturated rings. The van der Waals surface area contributed by atoms with Gasteiger partial charge in [-0.15, -0.1) is 11.3 Å². The molecule has 2 heterocycles. The molecule has 0 aliphatic rings. The van der Waals surface area contributed by atoms with Gasteiger partial charge in [0.2, 0.25) is 0 Å². The molecule has 3 nitrogen and oxygen atoms in total. The summed E-state index contributed by atoms with van der Waals surface area (Å²) in [7, 11) is 1.67. The highest BCUT2D eigenvalue weighted by atomic mass is 79.9. The summed E-state index contributed by atoms with van der Waals surface area (Å²) >= 11 is 4.89. The van der Waals surface area contributed by atoms with Crippen LogP contribution < -0.4 is 5.56 Å². The molecule has 0 spiro atoms. The summed E-state index contributed by atoms with van der Waals surface area (Å²) in [6, 6.07) is 7.69. The van der Waals surface area contributed by atoms with Crippen molar-refractivity contribution in [1.82, 2.24) is 4.57 Å². The minimum absolute atomic E-state index is 0.201. The lowest BCUT2D eigenvalue weighted by Gasteiger charge is -2.07. The van der Waals surface area contributed by atoms with Crippen molar-refractivity contribution >= 4 is 27.3 Å². The van der Waals surface area contributed by atoms with Crippen molar-refractivity contribution in [2.24, 2.45) is 7.05 Å². The van der Waals surface area contributed by atoms with E-state index in [4.69, 9.17) is 5.26 Å². The molecule has 0 aliphatic heterocycles. The van der Waals surface area contributed by atoms with E-state index >= 15 is 0 Å². The number of halogens is 1. The lowest BCUT2D eigenvalue weighted by atomic mass is 10.1. The van der Waals surface area contributed by atoms with Crippen molar-refractivity contribution in [3.8, 4) is 16.5 Å². The van der Waals surface area contributed by atoms with Gasteiger partial charge in [0, 0.05) is 23.2 Å². The van der Waals surface area contributed by atoms with E-state index in [9.17, 15) is 4.79 Å². The summed E-state index contributed by atoms with van der Waals surface area (Å²) < 4.78 is 2.47. The average Bonchev–Trinajstić information content (AvgIpc) is 2.72. The van der Waals surface area contributed by atoms with E-state index in [2.05, 4.69) is 15.9 Å². The number of rotatable bonds is 1. The van der Waals surface area contributed by atoms with Crippen LogP contribution >= 0.6 is 27.3 Å². The highest BCUT2D eigenvalue weighted by Gasteiger charge is 2.13. The molecule has 0 aliphatic carbocycles. The lowest BCUT2D eigenvalue weighted by molar-refractivity contribution is 0.816. The van der Waals surface area contributed by atoms with Crippen LogP contribution in [0.3, 0.4) is 0 Å². The second kappa shape index (κ2) is 4.47. The molecule has 5 heteroatoms. The van der Waals surface area contributed by atoms with Crippen LogP contribution in [-0.2, 0) is 7.05 Å². The second-order valence-corrected chi connectivity index (χ2v) is 6.12. The molecule has 0 amide bonds. The molecule has 0 saturated carbocycles. The van der Waals surface area contributed by atoms with Gasteiger partial charge in [-0.1, -0.05) is 0 Å². The third kappa shape index (κ3) is 2.06. The summed E-state index contributed by atoms with van der Waals surface area (Å²) in [6.45, 7) is 1.86. The predicted molar refractivity (Wildman–Crippen MR) is 72.1 cm³/mol. The molecule has 0 bridgehead atoms. The normalized spacial score (nSPS) is 10.2. The van der Waals surface area contributed by atoms with Gasteiger partial charge < -0.3 is 4.57 Å².